The van der Waals surface area contributed by atoms with E-state index in [9.17, 15) is 19.2 Å². The number of nitrogens with one attached hydrogen (secondary N) is 4. The first-order valence-corrected chi connectivity index (χ1v) is 27.3. The summed E-state index contributed by atoms with van der Waals surface area (Å²) < 4.78 is 10.9. The third-order valence-electron chi connectivity index (χ3n) is 11.0. The molecule has 0 aliphatic heterocycles. The largest absolute Gasteiger partial charge is 0.444 e. The van der Waals surface area contributed by atoms with Crippen LogP contribution in [0.25, 0.3) is 22.3 Å². The molecule has 12 nitrogen and oxygen atoms in total. The number of carbonyl (C=O) groups excluding carboxylic acids is 4. The fourth-order valence-electron chi connectivity index (χ4n) is 7.26. The lowest BCUT2D eigenvalue weighted by Gasteiger charge is -2.28. The summed E-state index contributed by atoms with van der Waals surface area (Å²) in [6.07, 6.45) is 1.82. The molecule has 4 aromatic rings. The van der Waals surface area contributed by atoms with Crippen LogP contribution in [-0.4, -0.2) is 108 Å². The molecule has 0 spiro atoms. The van der Waals surface area contributed by atoms with E-state index in [4.69, 9.17) is 9.47 Å². The smallest absolute Gasteiger partial charge is 0.407 e. The van der Waals surface area contributed by atoms with E-state index in [2.05, 4.69) is 122 Å². The second-order valence-corrected chi connectivity index (χ2v) is 23.1. The van der Waals surface area contributed by atoms with E-state index < -0.39 is 23.4 Å². The number of alkyl carbamates (subject to hydrolysis) is 2. The first kappa shape index (κ1) is 57.2. The van der Waals surface area contributed by atoms with Gasteiger partial charge in [-0.25, -0.2) is 19.2 Å². The Balaban J connectivity index is 1.52. The lowest BCUT2D eigenvalue weighted by atomic mass is 10.0. The summed E-state index contributed by atoms with van der Waals surface area (Å²) in [7, 11) is 3.35. The maximum atomic E-state index is 14.2. The van der Waals surface area contributed by atoms with Crippen molar-refractivity contribution in [1.82, 2.24) is 31.1 Å². The highest BCUT2D eigenvalue weighted by Gasteiger charge is 2.24. The Morgan fingerprint density at radius 2 is 0.814 bits per heavy atom. The maximum Gasteiger partial charge on any atom is 0.407 e. The van der Waals surface area contributed by atoms with Crippen LogP contribution < -0.4 is 21.3 Å². The van der Waals surface area contributed by atoms with Gasteiger partial charge >= 0.3 is 24.2 Å². The van der Waals surface area contributed by atoms with Crippen LogP contribution >= 0.6 is 21.6 Å². The van der Waals surface area contributed by atoms with E-state index >= 15 is 0 Å². The van der Waals surface area contributed by atoms with Gasteiger partial charge in [0.15, 0.2) is 0 Å². The number of hydrogen-bond acceptors (Lipinski definition) is 8. The fraction of sp³-hybridized carbons (Fsp3) is 0.500. The topological polar surface area (TPSA) is 141 Å². The molecular weight excluding hydrogens is 917 g/mol. The van der Waals surface area contributed by atoms with Crippen LogP contribution in [0.1, 0.15) is 93.2 Å². The van der Waals surface area contributed by atoms with E-state index in [0.717, 1.165) is 46.2 Å². The summed E-state index contributed by atoms with van der Waals surface area (Å²) in [5.41, 5.74) is 5.47. The molecule has 0 bridgehead atoms. The van der Waals surface area contributed by atoms with Crippen molar-refractivity contribution in [2.24, 2.45) is 11.8 Å². The van der Waals surface area contributed by atoms with Gasteiger partial charge in [-0.05, 0) is 112 Å². The van der Waals surface area contributed by atoms with Gasteiger partial charge in [-0.1, -0.05) is 158 Å². The average Bonchev–Trinajstić information content (AvgIpc) is 3.29. The minimum absolute atomic E-state index is 0.185. The van der Waals surface area contributed by atoms with Crippen molar-refractivity contribution in [3.05, 3.63) is 120 Å². The van der Waals surface area contributed by atoms with E-state index in [-0.39, 0.29) is 37.2 Å². The second-order valence-electron chi connectivity index (χ2n) is 20.6. The van der Waals surface area contributed by atoms with Crippen molar-refractivity contribution >= 4 is 45.8 Å². The lowest BCUT2D eigenvalue weighted by Crippen LogP contribution is -2.49. The normalized spacial score (nSPS) is 12.5. The zero-order valence-electron chi connectivity index (χ0n) is 43.3. The average molecular weight is 997 g/mol. The monoisotopic (exact) mass is 997 g/mol. The molecule has 0 saturated heterocycles. The van der Waals surface area contributed by atoms with Crippen LogP contribution in [0.3, 0.4) is 0 Å². The van der Waals surface area contributed by atoms with Gasteiger partial charge in [0.05, 0.1) is 0 Å². The number of rotatable bonds is 25. The van der Waals surface area contributed by atoms with Gasteiger partial charge in [0.1, 0.15) is 11.2 Å². The Labute approximate surface area is 427 Å². The van der Waals surface area contributed by atoms with E-state index in [0.29, 0.717) is 62.4 Å². The molecule has 70 heavy (non-hydrogen) atoms. The summed E-state index contributed by atoms with van der Waals surface area (Å²) in [6, 6.07) is 36.7. The summed E-state index contributed by atoms with van der Waals surface area (Å²) >= 11 is 0. The number of ether oxygens (including phenoxy) is 2. The number of nitrogens with zero attached hydrogens (tertiary/aromatic N) is 2. The molecule has 0 heterocycles. The Hall–Kier alpha value is -5.34. The van der Waals surface area contributed by atoms with Crippen molar-refractivity contribution in [3.8, 4) is 22.3 Å². The Kier molecular flexibility index (Phi) is 23.8. The quantitative estimate of drug-likeness (QED) is 0.0380. The van der Waals surface area contributed by atoms with Crippen LogP contribution in [0.5, 0.6) is 0 Å². The van der Waals surface area contributed by atoms with Crippen molar-refractivity contribution in [2.75, 3.05) is 50.8 Å². The molecule has 14 heteroatoms. The van der Waals surface area contributed by atoms with Gasteiger partial charge < -0.3 is 40.5 Å². The number of benzene rings is 4. The summed E-state index contributed by atoms with van der Waals surface area (Å²) in [6.45, 7) is 21.7. The molecule has 0 saturated carbocycles. The first-order chi connectivity index (χ1) is 33.2. The molecule has 4 N–H and O–H groups in total. The third kappa shape index (κ3) is 23.1. The number of amides is 6. The third-order valence-corrected chi connectivity index (χ3v) is 13.6. The zero-order valence-corrected chi connectivity index (χ0v) is 45.0. The standard InChI is InChI=1S/C56H80N6O6S2/c1-41(2)29-33-61(35-31-57-53(65)67-55(5,6)7)51(63)59-49(37-43-21-25-47(26-22-43)45-17-13-11-14-18-45)39-69-70-40-50(38-44-23-27-48(28-24-44)46-19-15-12-16-20-46)60-52(64)62(34-30-42(3)4)36-32-58-54(66)68-56(8,9)10/h11-28,41-42,49-50H,29-40H2,1-10H3,(H,57,65)(H,58,66)(H,59,63)(H,60,64)/t49-,50-/m1/s1. The second kappa shape index (κ2) is 29.1. The van der Waals surface area contributed by atoms with Crippen LogP contribution in [0, 0.1) is 11.8 Å². The number of hydrogen-bond donors (Lipinski definition) is 4. The summed E-state index contributed by atoms with van der Waals surface area (Å²) in [4.78, 5) is 56.9. The van der Waals surface area contributed by atoms with Gasteiger partial charge in [-0.3, -0.25) is 0 Å². The van der Waals surface area contributed by atoms with Gasteiger partial charge in [-0.15, -0.1) is 0 Å². The van der Waals surface area contributed by atoms with E-state index in [1.165, 1.54) is 0 Å². The Bertz CT molecular complexity index is 2010. The van der Waals surface area contributed by atoms with Crippen LogP contribution in [0.2, 0.25) is 0 Å². The number of urea groups is 2. The maximum absolute atomic E-state index is 14.2. The summed E-state index contributed by atoms with van der Waals surface area (Å²) in [5, 5.41) is 12.4. The molecule has 6 amide bonds. The van der Waals surface area contributed by atoms with Gasteiger partial charge in [0.25, 0.3) is 0 Å². The molecule has 0 fully saturated rings. The molecule has 0 aliphatic carbocycles. The van der Waals surface area contributed by atoms with Crippen molar-refractivity contribution in [2.45, 2.75) is 118 Å². The van der Waals surface area contributed by atoms with Crippen LogP contribution in [0.15, 0.2) is 109 Å². The van der Waals surface area contributed by atoms with Crippen LogP contribution in [0.4, 0.5) is 19.2 Å². The highest BCUT2D eigenvalue weighted by Crippen LogP contribution is 2.27. The van der Waals surface area contributed by atoms with E-state index in [1.54, 1.807) is 31.4 Å². The lowest BCUT2D eigenvalue weighted by molar-refractivity contribution is 0.0512. The van der Waals surface area contributed by atoms with Gasteiger partial charge in [0.2, 0.25) is 0 Å². The first-order valence-electron chi connectivity index (χ1n) is 24.8. The predicted octanol–water partition coefficient (Wildman–Crippen LogP) is 12.1. The minimum Gasteiger partial charge on any atom is -0.444 e. The predicted molar refractivity (Wildman–Crippen MR) is 291 cm³/mol. The molecule has 4 aromatic carbocycles. The van der Waals surface area contributed by atoms with Gasteiger partial charge in [-0.2, -0.15) is 0 Å². The molecule has 382 valence electrons. The molecule has 2 atom stereocenters. The number of carbonyl (C=O) groups is 4. The van der Waals surface area contributed by atoms with E-state index in [1.807, 2.05) is 77.9 Å². The molecule has 0 aromatic heterocycles. The van der Waals surface area contributed by atoms with Gasteiger partial charge in [0, 0.05) is 62.9 Å². The van der Waals surface area contributed by atoms with Crippen molar-refractivity contribution in [3.63, 3.8) is 0 Å². The summed E-state index contributed by atoms with van der Waals surface area (Å²) in [5.74, 6) is 1.97. The zero-order chi connectivity index (χ0) is 51.1. The highest BCUT2D eigenvalue weighted by atomic mass is 33.1. The fourth-order valence-corrected chi connectivity index (χ4v) is 9.75. The van der Waals surface area contributed by atoms with Crippen molar-refractivity contribution in [1.29, 1.82) is 0 Å². The highest BCUT2D eigenvalue weighted by molar-refractivity contribution is 8.76. The Morgan fingerprint density at radius 3 is 1.13 bits per heavy atom. The molecule has 0 radical (unpaired) electrons. The minimum atomic E-state index is -0.628. The SMILES string of the molecule is CC(C)CCN(CCNC(=O)OC(C)(C)C)C(=O)N[C@@H](CSSC[C@@H](Cc1ccc(-c2ccccc2)cc1)NC(=O)N(CCNC(=O)OC(C)(C)C)CCC(C)C)Cc1ccc(-c2ccccc2)cc1. The molecule has 4 rings (SSSR count). The van der Waals surface area contributed by atoms with Crippen LogP contribution in [-0.2, 0) is 22.3 Å². The Morgan fingerprint density at radius 1 is 0.486 bits per heavy atom. The molecule has 0 aliphatic rings. The molecular formula is C56H80N6O6S2. The molecule has 0 unspecified atom stereocenters. The van der Waals surface area contributed by atoms with Crippen molar-refractivity contribution < 1.29 is 28.7 Å².